The summed E-state index contributed by atoms with van der Waals surface area (Å²) in [5.41, 5.74) is 5.00. The molecule has 0 aliphatic carbocycles. The van der Waals surface area contributed by atoms with E-state index >= 15 is 0 Å². The normalized spacial score (nSPS) is 12.3. The van der Waals surface area contributed by atoms with Crippen molar-refractivity contribution in [3.63, 3.8) is 0 Å². The van der Waals surface area contributed by atoms with E-state index in [1.165, 1.54) is 0 Å². The maximum absolute atomic E-state index is 5.71. The molecule has 1 aromatic heterocycles. The molecule has 1 heterocycles. The second kappa shape index (κ2) is 7.81. The minimum absolute atomic E-state index is 0.0602. The molecule has 0 aliphatic heterocycles. The van der Waals surface area contributed by atoms with Gasteiger partial charge in [0.2, 0.25) is 0 Å². The molecule has 0 spiro atoms. The summed E-state index contributed by atoms with van der Waals surface area (Å²) in [4.78, 5) is 0. The molecule has 0 saturated carbocycles. The Hall–Kier alpha value is -1.85. The summed E-state index contributed by atoms with van der Waals surface area (Å²) in [5.74, 6) is 6.60. The number of aromatic nitrogens is 2. The van der Waals surface area contributed by atoms with Crippen molar-refractivity contribution in [2.75, 3.05) is 6.61 Å². The minimum atomic E-state index is -0.0602. The van der Waals surface area contributed by atoms with Crippen LogP contribution in [0, 0.1) is 0 Å². The molecule has 1 unspecified atom stereocenters. The topological polar surface area (TPSA) is 65.1 Å². The van der Waals surface area contributed by atoms with Gasteiger partial charge in [-0.15, -0.1) is 0 Å². The lowest BCUT2D eigenvalue weighted by molar-refractivity contribution is 0.309. The molecule has 0 fully saturated rings. The molecular weight excluding hydrogens is 264 g/mol. The number of nitrogens with two attached hydrogens (primary N) is 1. The third-order valence-corrected chi connectivity index (χ3v) is 3.46. The van der Waals surface area contributed by atoms with Crippen LogP contribution in [-0.4, -0.2) is 16.4 Å². The van der Waals surface area contributed by atoms with E-state index in [4.69, 9.17) is 10.6 Å². The highest BCUT2D eigenvalue weighted by Crippen LogP contribution is 2.23. The Kier molecular flexibility index (Phi) is 5.78. The molecule has 0 aliphatic rings. The van der Waals surface area contributed by atoms with Crippen molar-refractivity contribution in [1.82, 2.24) is 15.2 Å². The Morgan fingerprint density at radius 3 is 2.57 bits per heavy atom. The first-order valence-corrected chi connectivity index (χ1v) is 7.49. The van der Waals surface area contributed by atoms with Crippen LogP contribution in [0.1, 0.15) is 43.9 Å². The summed E-state index contributed by atoms with van der Waals surface area (Å²) in [7, 11) is 0. The van der Waals surface area contributed by atoms with Crippen molar-refractivity contribution in [2.24, 2.45) is 5.84 Å². The van der Waals surface area contributed by atoms with E-state index in [-0.39, 0.29) is 6.04 Å². The third-order valence-electron chi connectivity index (χ3n) is 3.46. The van der Waals surface area contributed by atoms with Gasteiger partial charge < -0.3 is 4.74 Å². The Bertz CT molecular complexity index is 535. The van der Waals surface area contributed by atoms with Crippen LogP contribution in [0.4, 0.5) is 0 Å². The Morgan fingerprint density at radius 2 is 2.00 bits per heavy atom. The molecule has 21 heavy (non-hydrogen) atoms. The zero-order valence-corrected chi connectivity index (χ0v) is 12.7. The molecule has 0 saturated heterocycles. The van der Waals surface area contributed by atoms with Crippen molar-refractivity contribution in [1.29, 1.82) is 0 Å². The van der Waals surface area contributed by atoms with Crippen LogP contribution in [-0.2, 0) is 6.54 Å². The molecule has 5 nitrogen and oxygen atoms in total. The summed E-state index contributed by atoms with van der Waals surface area (Å²) < 4.78 is 7.56. The molecule has 1 aromatic carbocycles. The first-order chi connectivity index (χ1) is 10.3. The fourth-order valence-electron chi connectivity index (χ4n) is 2.18. The van der Waals surface area contributed by atoms with Crippen LogP contribution < -0.4 is 16.0 Å². The van der Waals surface area contributed by atoms with Crippen LogP contribution in [0.3, 0.4) is 0 Å². The van der Waals surface area contributed by atoms with Gasteiger partial charge in [0.1, 0.15) is 5.75 Å². The number of unbranched alkanes of at least 4 members (excludes halogenated alkanes) is 1. The van der Waals surface area contributed by atoms with Crippen LogP contribution >= 0.6 is 0 Å². The number of benzene rings is 1. The number of nitrogens with zero attached hydrogens (tertiary/aromatic N) is 2. The maximum Gasteiger partial charge on any atom is 0.119 e. The van der Waals surface area contributed by atoms with E-state index in [1.54, 1.807) is 0 Å². The zero-order valence-electron chi connectivity index (χ0n) is 12.7. The van der Waals surface area contributed by atoms with E-state index < -0.39 is 0 Å². The molecule has 114 valence electrons. The molecule has 2 rings (SSSR count). The SMILES string of the molecule is CCCCOc1ccc(C(NN)c2cnn(CC)c2)cc1. The second-order valence-corrected chi connectivity index (χ2v) is 5.00. The van der Waals surface area contributed by atoms with Crippen LogP contribution in [0.5, 0.6) is 5.75 Å². The summed E-state index contributed by atoms with van der Waals surface area (Å²) >= 11 is 0. The molecule has 3 N–H and O–H groups in total. The lowest BCUT2D eigenvalue weighted by Gasteiger charge is -2.15. The molecule has 0 amide bonds. The first kappa shape index (κ1) is 15.5. The quantitative estimate of drug-likeness (QED) is 0.445. The van der Waals surface area contributed by atoms with Gasteiger partial charge in [-0.2, -0.15) is 5.10 Å². The van der Waals surface area contributed by atoms with Crippen molar-refractivity contribution in [2.45, 2.75) is 39.3 Å². The fraction of sp³-hybridized carbons (Fsp3) is 0.438. The smallest absolute Gasteiger partial charge is 0.119 e. The first-order valence-electron chi connectivity index (χ1n) is 7.49. The standard InChI is InChI=1S/C16H24N4O/c1-3-5-10-21-15-8-6-13(7-9-15)16(19-17)14-11-18-20(4-2)12-14/h6-9,11-12,16,19H,3-5,10,17H2,1-2H3. The molecule has 0 radical (unpaired) electrons. The van der Waals surface area contributed by atoms with Gasteiger partial charge in [0.25, 0.3) is 0 Å². The van der Waals surface area contributed by atoms with Crippen LogP contribution in [0.15, 0.2) is 36.7 Å². The van der Waals surface area contributed by atoms with Crippen molar-refractivity contribution in [3.8, 4) is 5.75 Å². The average Bonchev–Trinajstić information content (AvgIpc) is 2.99. The summed E-state index contributed by atoms with van der Waals surface area (Å²) in [6, 6.07) is 7.98. The predicted octanol–water partition coefficient (Wildman–Crippen LogP) is 2.63. The number of aryl methyl sites for hydroxylation is 1. The number of nitrogens with one attached hydrogen (secondary N) is 1. The van der Waals surface area contributed by atoms with Gasteiger partial charge >= 0.3 is 0 Å². The zero-order chi connectivity index (χ0) is 15.1. The summed E-state index contributed by atoms with van der Waals surface area (Å²) in [6.07, 6.45) is 6.07. The van der Waals surface area contributed by atoms with Gasteiger partial charge in [-0.3, -0.25) is 10.5 Å². The number of ether oxygens (including phenoxy) is 1. The van der Waals surface area contributed by atoms with Crippen molar-refractivity contribution >= 4 is 0 Å². The van der Waals surface area contributed by atoms with E-state index in [9.17, 15) is 0 Å². The Morgan fingerprint density at radius 1 is 1.24 bits per heavy atom. The van der Waals surface area contributed by atoms with Crippen molar-refractivity contribution in [3.05, 3.63) is 47.8 Å². The van der Waals surface area contributed by atoms with E-state index in [1.807, 2.05) is 41.3 Å². The van der Waals surface area contributed by atoms with E-state index in [0.717, 1.165) is 42.9 Å². The molecule has 1 atom stereocenters. The highest BCUT2D eigenvalue weighted by Gasteiger charge is 2.14. The number of hydrogen-bond acceptors (Lipinski definition) is 4. The van der Waals surface area contributed by atoms with Crippen LogP contribution in [0.25, 0.3) is 0 Å². The highest BCUT2D eigenvalue weighted by atomic mass is 16.5. The van der Waals surface area contributed by atoms with E-state index in [0.29, 0.717) is 0 Å². The lowest BCUT2D eigenvalue weighted by atomic mass is 10.0. The van der Waals surface area contributed by atoms with Gasteiger partial charge in [-0.25, -0.2) is 5.43 Å². The largest absolute Gasteiger partial charge is 0.494 e. The van der Waals surface area contributed by atoms with Gasteiger partial charge in [-0.1, -0.05) is 25.5 Å². The van der Waals surface area contributed by atoms with Gasteiger partial charge in [-0.05, 0) is 31.0 Å². The fourth-order valence-corrected chi connectivity index (χ4v) is 2.18. The maximum atomic E-state index is 5.71. The highest BCUT2D eigenvalue weighted by molar-refractivity contribution is 5.34. The molecule has 5 heteroatoms. The Balaban J connectivity index is 2.07. The molecule has 0 bridgehead atoms. The average molecular weight is 288 g/mol. The Labute approximate surface area is 126 Å². The molecular formula is C16H24N4O. The van der Waals surface area contributed by atoms with Gasteiger partial charge in [0.05, 0.1) is 18.8 Å². The lowest BCUT2D eigenvalue weighted by Crippen LogP contribution is -2.28. The molecule has 2 aromatic rings. The minimum Gasteiger partial charge on any atom is -0.494 e. The number of rotatable bonds is 8. The van der Waals surface area contributed by atoms with Gasteiger partial charge in [0.15, 0.2) is 0 Å². The van der Waals surface area contributed by atoms with Crippen LogP contribution in [0.2, 0.25) is 0 Å². The number of hydrazine groups is 1. The number of hydrogen-bond donors (Lipinski definition) is 2. The van der Waals surface area contributed by atoms with E-state index in [2.05, 4.69) is 24.4 Å². The van der Waals surface area contributed by atoms with Gasteiger partial charge in [0, 0.05) is 18.3 Å². The van der Waals surface area contributed by atoms with Crippen molar-refractivity contribution < 1.29 is 4.74 Å². The summed E-state index contributed by atoms with van der Waals surface area (Å²) in [5, 5.41) is 4.29. The monoisotopic (exact) mass is 288 g/mol. The predicted molar refractivity (Wildman–Crippen MR) is 83.9 cm³/mol. The third kappa shape index (κ3) is 4.06. The summed E-state index contributed by atoms with van der Waals surface area (Å²) in [6.45, 7) is 5.82. The second-order valence-electron chi connectivity index (χ2n) is 5.00.